The summed E-state index contributed by atoms with van der Waals surface area (Å²) in [5.74, 6) is -0.773. The molecular weight excluding hydrogens is 439 g/mol. The van der Waals surface area contributed by atoms with Crippen LogP contribution in [0.5, 0.6) is 0 Å². The smallest absolute Gasteiger partial charge is 0.261 e. The van der Waals surface area contributed by atoms with Gasteiger partial charge in [0.1, 0.15) is 5.82 Å². The zero-order chi connectivity index (χ0) is 22.2. The Kier molecular flexibility index (Phi) is 5.73. The number of sulfonamides is 1. The van der Waals surface area contributed by atoms with E-state index >= 15 is 0 Å². The minimum atomic E-state index is -4.00. The molecule has 1 N–H and O–H groups in total. The van der Waals surface area contributed by atoms with Crippen molar-refractivity contribution in [3.8, 4) is 0 Å². The molecule has 1 amide bonds. The van der Waals surface area contributed by atoms with Crippen LogP contribution in [0, 0.1) is 12.7 Å². The van der Waals surface area contributed by atoms with Crippen molar-refractivity contribution in [2.45, 2.75) is 24.7 Å². The van der Waals surface area contributed by atoms with Crippen LogP contribution in [0.2, 0.25) is 5.02 Å². The first-order valence-corrected chi connectivity index (χ1v) is 11.6. The van der Waals surface area contributed by atoms with E-state index in [0.29, 0.717) is 12.1 Å². The van der Waals surface area contributed by atoms with Crippen LogP contribution >= 0.6 is 11.6 Å². The molecule has 0 radical (unpaired) electrons. The second-order valence-corrected chi connectivity index (χ2v) is 9.54. The van der Waals surface area contributed by atoms with Gasteiger partial charge in [-0.15, -0.1) is 0 Å². The Labute approximate surface area is 185 Å². The minimum Gasteiger partial charge on any atom is -0.308 e. The largest absolute Gasteiger partial charge is 0.308 e. The van der Waals surface area contributed by atoms with Gasteiger partial charge in [0.05, 0.1) is 15.6 Å². The maximum absolute atomic E-state index is 13.2. The number of nitrogens with one attached hydrogen (secondary N) is 1. The first-order chi connectivity index (χ1) is 14.7. The van der Waals surface area contributed by atoms with E-state index in [-0.39, 0.29) is 21.5 Å². The summed E-state index contributed by atoms with van der Waals surface area (Å²) in [6.07, 6.45) is 1.75. The molecule has 5 nitrogen and oxygen atoms in total. The lowest BCUT2D eigenvalue weighted by molar-refractivity contribution is 0.0985. The van der Waals surface area contributed by atoms with Gasteiger partial charge in [0, 0.05) is 17.8 Å². The van der Waals surface area contributed by atoms with Crippen LogP contribution in [0.15, 0.2) is 65.6 Å². The number of benzene rings is 3. The molecule has 0 saturated carbocycles. The van der Waals surface area contributed by atoms with Gasteiger partial charge in [-0.1, -0.05) is 29.3 Å². The van der Waals surface area contributed by atoms with E-state index in [1.54, 1.807) is 11.0 Å². The quantitative estimate of drug-likeness (QED) is 0.585. The first kappa shape index (κ1) is 21.3. The standard InChI is InChI=1S/C23H20ClFN2O3S/c1-15-4-11-22-16(13-15)3-2-12-27(22)23(28)17-5-10-20(24)21(14-17)26-31(29,30)19-8-6-18(25)7-9-19/h4-11,13-14,26H,2-3,12H2,1H3. The highest BCUT2D eigenvalue weighted by Crippen LogP contribution is 2.31. The fraction of sp³-hybridized carbons (Fsp3) is 0.174. The number of hydrogen-bond donors (Lipinski definition) is 1. The molecule has 0 aliphatic carbocycles. The summed E-state index contributed by atoms with van der Waals surface area (Å²) < 4.78 is 40.8. The Bertz CT molecular complexity index is 1260. The van der Waals surface area contributed by atoms with Crippen molar-refractivity contribution in [1.29, 1.82) is 0 Å². The predicted molar refractivity (Wildman–Crippen MR) is 120 cm³/mol. The van der Waals surface area contributed by atoms with E-state index in [0.717, 1.165) is 53.9 Å². The van der Waals surface area contributed by atoms with Gasteiger partial charge >= 0.3 is 0 Å². The highest BCUT2D eigenvalue weighted by molar-refractivity contribution is 7.92. The summed E-state index contributed by atoms with van der Waals surface area (Å²) in [6.45, 7) is 2.59. The van der Waals surface area contributed by atoms with Gasteiger partial charge < -0.3 is 4.90 Å². The molecular formula is C23H20ClFN2O3S. The van der Waals surface area contributed by atoms with Crippen LogP contribution < -0.4 is 9.62 Å². The minimum absolute atomic E-state index is 0.0815. The third-order valence-electron chi connectivity index (χ3n) is 5.18. The number of fused-ring (bicyclic) bond motifs is 1. The van der Waals surface area contributed by atoms with Crippen molar-refractivity contribution in [1.82, 2.24) is 0 Å². The number of carbonyl (C=O) groups excluding carboxylic acids is 1. The molecule has 31 heavy (non-hydrogen) atoms. The molecule has 160 valence electrons. The van der Waals surface area contributed by atoms with Crippen LogP contribution in [0.1, 0.15) is 27.9 Å². The summed E-state index contributed by atoms with van der Waals surface area (Å²) in [6, 6.07) is 14.9. The monoisotopic (exact) mass is 458 g/mol. The molecule has 0 bridgehead atoms. The van der Waals surface area contributed by atoms with Crippen molar-refractivity contribution in [2.75, 3.05) is 16.2 Å². The predicted octanol–water partition coefficient (Wildman–Crippen LogP) is 5.18. The molecule has 0 unspecified atom stereocenters. The lowest BCUT2D eigenvalue weighted by atomic mass is 9.99. The average molecular weight is 459 g/mol. The summed E-state index contributed by atoms with van der Waals surface area (Å²) in [7, 11) is -4.00. The molecule has 1 aliphatic rings. The van der Waals surface area contributed by atoms with Crippen LogP contribution in [-0.2, 0) is 16.4 Å². The van der Waals surface area contributed by atoms with Crippen molar-refractivity contribution >= 4 is 38.9 Å². The van der Waals surface area contributed by atoms with E-state index in [4.69, 9.17) is 11.6 Å². The maximum atomic E-state index is 13.2. The zero-order valence-corrected chi connectivity index (χ0v) is 18.3. The molecule has 1 aliphatic heterocycles. The topological polar surface area (TPSA) is 66.5 Å². The number of anilines is 2. The van der Waals surface area contributed by atoms with Crippen LogP contribution in [0.25, 0.3) is 0 Å². The maximum Gasteiger partial charge on any atom is 0.261 e. The van der Waals surface area contributed by atoms with Crippen molar-refractivity contribution in [3.05, 3.63) is 88.2 Å². The van der Waals surface area contributed by atoms with E-state index in [9.17, 15) is 17.6 Å². The number of carbonyl (C=O) groups is 1. The van der Waals surface area contributed by atoms with E-state index in [2.05, 4.69) is 10.8 Å². The van der Waals surface area contributed by atoms with Gasteiger partial charge in [0.25, 0.3) is 15.9 Å². The Morgan fingerprint density at radius 3 is 2.55 bits per heavy atom. The van der Waals surface area contributed by atoms with Crippen LogP contribution in [0.3, 0.4) is 0 Å². The van der Waals surface area contributed by atoms with Gasteiger partial charge in [0.15, 0.2) is 0 Å². The van der Waals surface area contributed by atoms with Crippen molar-refractivity contribution in [2.24, 2.45) is 0 Å². The number of rotatable bonds is 4. The summed E-state index contributed by atoms with van der Waals surface area (Å²) in [5, 5.41) is 0.150. The normalized spacial score (nSPS) is 13.6. The second kappa shape index (κ2) is 8.32. The lowest BCUT2D eigenvalue weighted by Crippen LogP contribution is -2.35. The highest BCUT2D eigenvalue weighted by atomic mass is 35.5. The Morgan fingerprint density at radius 2 is 1.81 bits per heavy atom. The summed E-state index contributed by atoms with van der Waals surface area (Å²) in [5.41, 5.74) is 3.51. The fourth-order valence-electron chi connectivity index (χ4n) is 3.65. The van der Waals surface area contributed by atoms with Crippen molar-refractivity contribution in [3.63, 3.8) is 0 Å². The fourth-order valence-corrected chi connectivity index (χ4v) is 4.94. The number of nitrogens with zero attached hydrogens (tertiary/aromatic N) is 1. The molecule has 4 rings (SSSR count). The molecule has 0 spiro atoms. The summed E-state index contributed by atoms with van der Waals surface area (Å²) >= 11 is 6.19. The molecule has 3 aromatic rings. The summed E-state index contributed by atoms with van der Waals surface area (Å²) in [4.78, 5) is 14.8. The Morgan fingerprint density at radius 1 is 1.06 bits per heavy atom. The van der Waals surface area contributed by atoms with Gasteiger partial charge in [-0.05, 0) is 73.9 Å². The molecule has 0 atom stereocenters. The van der Waals surface area contributed by atoms with Crippen LogP contribution in [0.4, 0.5) is 15.8 Å². The van der Waals surface area contributed by atoms with E-state index in [1.807, 2.05) is 19.1 Å². The Hall–Kier alpha value is -2.90. The molecule has 3 aromatic carbocycles. The van der Waals surface area contributed by atoms with Gasteiger partial charge in [-0.3, -0.25) is 9.52 Å². The molecule has 0 aromatic heterocycles. The van der Waals surface area contributed by atoms with Gasteiger partial charge in [0.2, 0.25) is 0 Å². The van der Waals surface area contributed by atoms with Gasteiger partial charge in [-0.25, -0.2) is 12.8 Å². The van der Waals surface area contributed by atoms with Gasteiger partial charge in [-0.2, -0.15) is 0 Å². The second-order valence-electron chi connectivity index (χ2n) is 7.45. The average Bonchev–Trinajstić information content (AvgIpc) is 2.74. The third kappa shape index (κ3) is 4.43. The molecule has 0 saturated heterocycles. The lowest BCUT2D eigenvalue weighted by Gasteiger charge is -2.30. The molecule has 0 fully saturated rings. The van der Waals surface area contributed by atoms with Crippen LogP contribution in [-0.4, -0.2) is 20.9 Å². The first-order valence-electron chi connectivity index (χ1n) is 9.74. The SMILES string of the molecule is Cc1ccc2c(c1)CCCN2C(=O)c1ccc(Cl)c(NS(=O)(=O)c2ccc(F)cc2)c1. The molecule has 8 heteroatoms. The number of aryl methyl sites for hydroxylation is 2. The van der Waals surface area contributed by atoms with Crippen molar-refractivity contribution < 1.29 is 17.6 Å². The number of hydrogen-bond acceptors (Lipinski definition) is 3. The van der Waals surface area contributed by atoms with E-state index in [1.165, 1.54) is 12.1 Å². The highest BCUT2D eigenvalue weighted by Gasteiger charge is 2.25. The number of halogens is 2. The van der Waals surface area contributed by atoms with E-state index < -0.39 is 15.8 Å². The zero-order valence-electron chi connectivity index (χ0n) is 16.7. The molecule has 1 heterocycles. The Balaban J connectivity index is 1.64. The third-order valence-corrected chi connectivity index (χ3v) is 6.89. The number of amides is 1.